The van der Waals surface area contributed by atoms with Gasteiger partial charge < -0.3 is 0 Å². The molecule has 7 nitrogen and oxygen atoms in total. The maximum atomic E-state index is 12.4. The normalized spacial score (nSPS) is 11.7. The second kappa shape index (κ2) is 7.16. The Balaban J connectivity index is 2.17. The van der Waals surface area contributed by atoms with Crippen molar-refractivity contribution in [3.63, 3.8) is 0 Å². The van der Waals surface area contributed by atoms with Crippen molar-refractivity contribution in [2.45, 2.75) is 25.7 Å². The minimum Gasteiger partial charge on any atom is -0.296 e. The lowest BCUT2D eigenvalue weighted by molar-refractivity contribution is 0.102. The van der Waals surface area contributed by atoms with Crippen LogP contribution in [0.25, 0.3) is 0 Å². The highest BCUT2D eigenvalue weighted by atomic mass is 32.2. The number of hydrogen-bond donors (Lipinski definition) is 1. The summed E-state index contributed by atoms with van der Waals surface area (Å²) < 4.78 is 26.1. The van der Waals surface area contributed by atoms with E-state index in [1.165, 1.54) is 39.9 Å². The van der Waals surface area contributed by atoms with Crippen molar-refractivity contribution >= 4 is 32.4 Å². The van der Waals surface area contributed by atoms with Crippen molar-refractivity contribution < 1.29 is 13.2 Å². The highest BCUT2D eigenvalue weighted by Gasteiger charge is 2.21. The van der Waals surface area contributed by atoms with E-state index in [0.717, 1.165) is 5.01 Å². The van der Waals surface area contributed by atoms with Gasteiger partial charge in [0.1, 0.15) is 5.01 Å². The van der Waals surface area contributed by atoms with Gasteiger partial charge in [0.25, 0.3) is 5.91 Å². The van der Waals surface area contributed by atoms with Gasteiger partial charge in [-0.15, -0.1) is 10.2 Å². The summed E-state index contributed by atoms with van der Waals surface area (Å²) in [5.74, 6) is -0.354. The molecule has 0 saturated carbocycles. The first-order valence-electron chi connectivity index (χ1n) is 7.10. The summed E-state index contributed by atoms with van der Waals surface area (Å²) >= 11 is 1.27. The van der Waals surface area contributed by atoms with Crippen LogP contribution in [-0.4, -0.2) is 41.9 Å². The van der Waals surface area contributed by atoms with Gasteiger partial charge >= 0.3 is 0 Å². The molecule has 0 atom stereocenters. The lowest BCUT2D eigenvalue weighted by Gasteiger charge is -2.18. The van der Waals surface area contributed by atoms with Gasteiger partial charge in [0, 0.05) is 18.7 Å². The van der Waals surface area contributed by atoms with Crippen LogP contribution < -0.4 is 5.32 Å². The van der Waals surface area contributed by atoms with Gasteiger partial charge in [-0.05, 0) is 31.2 Å². The molecule has 0 fully saturated rings. The maximum Gasteiger partial charge on any atom is 0.257 e. The number of sulfonamides is 1. The number of carbonyl (C=O) groups excluding carboxylic acids is 1. The van der Waals surface area contributed by atoms with Crippen LogP contribution in [0.5, 0.6) is 0 Å². The first-order valence-corrected chi connectivity index (χ1v) is 9.35. The Labute approximate surface area is 139 Å². The van der Waals surface area contributed by atoms with Gasteiger partial charge in [-0.2, -0.15) is 4.31 Å². The van der Waals surface area contributed by atoms with E-state index < -0.39 is 10.0 Å². The smallest absolute Gasteiger partial charge is 0.257 e. The number of aromatic nitrogens is 2. The summed E-state index contributed by atoms with van der Waals surface area (Å²) in [6, 6.07) is 5.85. The van der Waals surface area contributed by atoms with E-state index in [-0.39, 0.29) is 10.8 Å². The minimum absolute atomic E-state index is 0.171. The number of nitrogens with one attached hydrogen (secondary N) is 1. The van der Waals surface area contributed by atoms with Crippen molar-refractivity contribution in [2.24, 2.45) is 0 Å². The summed E-state index contributed by atoms with van der Waals surface area (Å²) in [7, 11) is -3.52. The van der Waals surface area contributed by atoms with E-state index in [4.69, 9.17) is 0 Å². The third kappa shape index (κ3) is 3.92. The van der Waals surface area contributed by atoms with Crippen LogP contribution in [0.2, 0.25) is 0 Å². The van der Waals surface area contributed by atoms with Crippen LogP contribution in [0, 0.1) is 6.92 Å². The molecular formula is C14H18N4O3S2. The molecule has 23 heavy (non-hydrogen) atoms. The summed E-state index contributed by atoms with van der Waals surface area (Å²) in [6.45, 7) is 6.16. The van der Waals surface area contributed by atoms with Gasteiger partial charge in [0.2, 0.25) is 15.2 Å². The number of nitrogens with zero attached hydrogens (tertiary/aromatic N) is 3. The Morgan fingerprint density at radius 1 is 1.17 bits per heavy atom. The molecule has 0 saturated heterocycles. The van der Waals surface area contributed by atoms with Crippen molar-refractivity contribution in [1.82, 2.24) is 14.5 Å². The van der Waals surface area contributed by atoms with E-state index in [9.17, 15) is 13.2 Å². The van der Waals surface area contributed by atoms with E-state index in [1.807, 2.05) is 0 Å². The highest BCUT2D eigenvalue weighted by molar-refractivity contribution is 7.89. The number of amides is 1. The maximum absolute atomic E-state index is 12.4. The number of carbonyl (C=O) groups is 1. The van der Waals surface area contributed by atoms with Crippen LogP contribution >= 0.6 is 11.3 Å². The molecule has 1 amide bonds. The number of hydrogen-bond acceptors (Lipinski definition) is 6. The van der Waals surface area contributed by atoms with E-state index in [2.05, 4.69) is 15.5 Å². The Bertz CT molecular complexity index is 781. The van der Waals surface area contributed by atoms with Gasteiger partial charge in [0.05, 0.1) is 4.90 Å². The van der Waals surface area contributed by atoms with Crippen molar-refractivity contribution in [2.75, 3.05) is 18.4 Å². The predicted molar refractivity (Wildman–Crippen MR) is 89.1 cm³/mol. The summed E-state index contributed by atoms with van der Waals surface area (Å²) in [4.78, 5) is 12.3. The topological polar surface area (TPSA) is 92.3 Å². The largest absolute Gasteiger partial charge is 0.296 e. The predicted octanol–water partition coefficient (Wildman–Crippen LogP) is 2.13. The summed E-state index contributed by atoms with van der Waals surface area (Å²) in [6.07, 6.45) is 0. The first-order chi connectivity index (χ1) is 10.9. The molecule has 0 spiro atoms. The van der Waals surface area contributed by atoms with Gasteiger partial charge in [-0.25, -0.2) is 8.42 Å². The number of rotatable bonds is 6. The fourth-order valence-corrected chi connectivity index (χ4v) is 4.05. The Morgan fingerprint density at radius 3 is 2.26 bits per heavy atom. The molecule has 124 valence electrons. The molecule has 1 aromatic carbocycles. The highest BCUT2D eigenvalue weighted by Crippen LogP contribution is 2.18. The van der Waals surface area contributed by atoms with Gasteiger partial charge in [-0.3, -0.25) is 10.1 Å². The van der Waals surface area contributed by atoms with Crippen molar-refractivity contribution in [3.8, 4) is 0 Å². The average molecular weight is 354 g/mol. The lowest BCUT2D eigenvalue weighted by atomic mass is 10.2. The summed E-state index contributed by atoms with van der Waals surface area (Å²) in [5, 5.41) is 11.4. The molecule has 0 aliphatic carbocycles. The average Bonchev–Trinajstić information content (AvgIpc) is 2.93. The molecule has 9 heteroatoms. The number of aryl methyl sites for hydroxylation is 1. The Hall–Kier alpha value is -1.84. The van der Waals surface area contributed by atoms with E-state index >= 15 is 0 Å². The monoisotopic (exact) mass is 354 g/mol. The standard InChI is InChI=1S/C14H18N4O3S2/c1-4-18(5-2)23(20,21)12-8-6-11(7-9-12)13(19)15-14-17-16-10(3)22-14/h6-9H,4-5H2,1-3H3,(H,15,17,19). The molecule has 2 aromatic rings. The molecule has 1 aromatic heterocycles. The quantitative estimate of drug-likeness (QED) is 0.858. The third-order valence-electron chi connectivity index (χ3n) is 3.21. The van der Waals surface area contributed by atoms with Crippen LogP contribution in [0.1, 0.15) is 29.2 Å². The fourth-order valence-electron chi connectivity index (χ4n) is 2.01. The zero-order chi connectivity index (χ0) is 17.0. The minimum atomic E-state index is -3.52. The molecule has 0 radical (unpaired) electrons. The second-order valence-electron chi connectivity index (χ2n) is 4.69. The van der Waals surface area contributed by atoms with Gasteiger partial charge in [-0.1, -0.05) is 25.2 Å². The number of benzene rings is 1. The molecule has 0 unspecified atom stereocenters. The lowest BCUT2D eigenvalue weighted by Crippen LogP contribution is -2.30. The van der Waals surface area contributed by atoms with Crippen LogP contribution in [-0.2, 0) is 10.0 Å². The second-order valence-corrected chi connectivity index (χ2v) is 7.81. The van der Waals surface area contributed by atoms with E-state index in [0.29, 0.717) is 23.8 Å². The first kappa shape index (κ1) is 17.5. The van der Waals surface area contributed by atoms with Gasteiger partial charge in [0.15, 0.2) is 0 Å². The van der Waals surface area contributed by atoms with Crippen molar-refractivity contribution in [3.05, 3.63) is 34.8 Å². The fraction of sp³-hybridized carbons (Fsp3) is 0.357. The molecule has 0 aliphatic rings. The zero-order valence-electron chi connectivity index (χ0n) is 13.1. The molecular weight excluding hydrogens is 336 g/mol. The third-order valence-corrected chi connectivity index (χ3v) is 6.02. The SMILES string of the molecule is CCN(CC)S(=O)(=O)c1ccc(C(=O)Nc2nnc(C)s2)cc1. The molecule has 2 rings (SSSR count). The van der Waals surface area contributed by atoms with Crippen LogP contribution in [0.3, 0.4) is 0 Å². The Morgan fingerprint density at radius 2 is 1.78 bits per heavy atom. The molecule has 1 N–H and O–H groups in total. The zero-order valence-corrected chi connectivity index (χ0v) is 14.7. The van der Waals surface area contributed by atoms with Crippen molar-refractivity contribution in [1.29, 1.82) is 0 Å². The van der Waals surface area contributed by atoms with Crippen LogP contribution in [0.4, 0.5) is 5.13 Å². The molecule has 0 aliphatic heterocycles. The number of anilines is 1. The summed E-state index contributed by atoms with van der Waals surface area (Å²) in [5.41, 5.74) is 0.358. The molecule has 0 bridgehead atoms. The Kier molecular flexibility index (Phi) is 5.45. The van der Waals surface area contributed by atoms with Crippen LogP contribution in [0.15, 0.2) is 29.2 Å². The molecule has 1 heterocycles. The van der Waals surface area contributed by atoms with E-state index in [1.54, 1.807) is 20.8 Å².